The minimum atomic E-state index is -0.406. The van der Waals surface area contributed by atoms with Gasteiger partial charge in [0, 0.05) is 5.57 Å². The molecule has 8 heteroatoms. The number of carbonyl (C=O) groups excluding carboxylic acids is 1. The predicted octanol–water partition coefficient (Wildman–Crippen LogP) is 4.21. The van der Waals surface area contributed by atoms with E-state index in [0.717, 1.165) is 23.7 Å². The lowest BCUT2D eigenvalue weighted by atomic mass is 9.98. The molecule has 4 bridgehead atoms. The van der Waals surface area contributed by atoms with E-state index in [2.05, 4.69) is 6.58 Å². The Bertz CT molecular complexity index is 732. The van der Waals surface area contributed by atoms with Gasteiger partial charge in [-0.25, -0.2) is 4.79 Å². The van der Waals surface area contributed by atoms with Crippen LogP contribution in [0.1, 0.15) is 58.3 Å². The van der Waals surface area contributed by atoms with Gasteiger partial charge in [0.2, 0.25) is 0 Å². The number of ether oxygens (including phenoxy) is 6. The van der Waals surface area contributed by atoms with E-state index in [4.69, 9.17) is 40.0 Å². The van der Waals surface area contributed by atoms with Crippen LogP contribution in [0.3, 0.4) is 0 Å². The van der Waals surface area contributed by atoms with Crippen molar-refractivity contribution in [1.29, 1.82) is 0 Å². The molecule has 4 aliphatic carbocycles. The fourth-order valence-corrected chi connectivity index (χ4v) is 7.15. The second-order valence-electron chi connectivity index (χ2n) is 11.0. The fourth-order valence-electron chi connectivity index (χ4n) is 6.99. The molecule has 6 fully saturated rings. The van der Waals surface area contributed by atoms with Crippen molar-refractivity contribution in [3.8, 4) is 0 Å². The number of esters is 1. The van der Waals surface area contributed by atoms with E-state index in [1.165, 1.54) is 51.4 Å². The number of alkyl halides is 1. The third-order valence-corrected chi connectivity index (χ3v) is 8.88. The maximum Gasteiger partial charge on any atom is 0.333 e. The highest BCUT2D eigenvalue weighted by Gasteiger charge is 2.50. The molecule has 2 aliphatic heterocycles. The van der Waals surface area contributed by atoms with Crippen LogP contribution in [-0.4, -0.2) is 68.7 Å². The van der Waals surface area contributed by atoms with Crippen molar-refractivity contribution in [3.63, 3.8) is 0 Å². The molecule has 6 unspecified atom stereocenters. The zero-order chi connectivity index (χ0) is 23.7. The van der Waals surface area contributed by atoms with Crippen molar-refractivity contribution in [2.75, 3.05) is 26.1 Å². The smallest absolute Gasteiger partial charge is 0.333 e. The van der Waals surface area contributed by atoms with Crippen LogP contribution in [0.25, 0.3) is 0 Å². The first-order valence-corrected chi connectivity index (χ1v) is 13.6. The Morgan fingerprint density at radius 3 is 1.91 bits per heavy atom. The molecule has 0 amide bonds. The third kappa shape index (κ3) is 5.50. The maximum atomic E-state index is 11.7. The molecule has 0 aromatic heterocycles. The van der Waals surface area contributed by atoms with E-state index in [1.807, 2.05) is 0 Å². The Labute approximate surface area is 207 Å². The quantitative estimate of drug-likeness (QED) is 0.215. The summed E-state index contributed by atoms with van der Waals surface area (Å²) in [6.07, 6.45) is 10.5. The summed E-state index contributed by atoms with van der Waals surface area (Å²) in [4.78, 5) is 11.7. The van der Waals surface area contributed by atoms with Crippen LogP contribution in [0.4, 0.5) is 0 Å². The van der Waals surface area contributed by atoms with Crippen molar-refractivity contribution in [2.24, 2.45) is 23.7 Å². The highest BCUT2D eigenvalue weighted by atomic mass is 35.5. The average Bonchev–Trinajstić information content (AvgIpc) is 3.64. The largest absolute Gasteiger partial charge is 0.454 e. The van der Waals surface area contributed by atoms with Gasteiger partial charge >= 0.3 is 5.97 Å². The normalized spacial score (nSPS) is 43.6. The summed E-state index contributed by atoms with van der Waals surface area (Å²) in [6.45, 7) is 6.28. The lowest BCUT2D eigenvalue weighted by molar-refractivity contribution is -0.152. The highest BCUT2D eigenvalue weighted by Crippen LogP contribution is 2.46. The molecule has 6 aliphatic rings. The van der Waals surface area contributed by atoms with Crippen LogP contribution >= 0.6 is 11.6 Å². The number of carbonyl (C=O) groups is 1. The van der Waals surface area contributed by atoms with E-state index in [-0.39, 0.29) is 31.2 Å². The molecule has 2 saturated heterocycles. The molecule has 0 aromatic carbocycles. The van der Waals surface area contributed by atoms with Gasteiger partial charge in [-0.05, 0) is 82.0 Å². The van der Waals surface area contributed by atoms with Crippen LogP contribution in [-0.2, 0) is 33.2 Å². The molecule has 0 radical (unpaired) electrons. The number of hydrogen-bond donors (Lipinski definition) is 0. The fraction of sp³-hybridized carbons (Fsp3) is 0.885. The van der Waals surface area contributed by atoms with Crippen LogP contribution in [0.15, 0.2) is 12.2 Å². The predicted molar refractivity (Wildman–Crippen MR) is 125 cm³/mol. The first-order valence-electron chi connectivity index (χ1n) is 13.0. The Kier molecular flexibility index (Phi) is 8.18. The van der Waals surface area contributed by atoms with Crippen LogP contribution in [0, 0.1) is 23.7 Å². The molecule has 0 aromatic rings. The first kappa shape index (κ1) is 25.0. The summed E-state index contributed by atoms with van der Waals surface area (Å²) in [7, 11) is 0. The number of fused-ring (bicyclic) bond motifs is 5. The van der Waals surface area contributed by atoms with Gasteiger partial charge in [-0.2, -0.15) is 0 Å². The monoisotopic (exact) mass is 498 g/mol. The molecule has 4 saturated carbocycles. The van der Waals surface area contributed by atoms with Gasteiger partial charge < -0.3 is 28.4 Å². The van der Waals surface area contributed by atoms with Crippen LogP contribution in [0.2, 0.25) is 0 Å². The summed E-state index contributed by atoms with van der Waals surface area (Å²) < 4.78 is 34.1. The Balaban J connectivity index is 0.000000200. The Hall–Kier alpha value is -0.700. The lowest BCUT2D eigenvalue weighted by Crippen LogP contribution is -2.35. The SMILES string of the molecule is C=C(C)C(=O)O[C@H]1CO[C@H]2[C@@H]1OC[C@H]2OCOC1CC2CCC1C2.ClCOC1CC2CCC1C2. The second kappa shape index (κ2) is 11.1. The topological polar surface area (TPSA) is 72.5 Å². The van der Waals surface area contributed by atoms with Crippen molar-refractivity contribution < 1.29 is 33.2 Å². The van der Waals surface area contributed by atoms with Gasteiger partial charge in [0.25, 0.3) is 0 Å². The standard InChI is InChI=1S/C18H26O6.C8H13ClO/c1-10(2)18(19)24-15-8-21-16-14(7-20-17(15)16)23-9-22-13-6-11-3-4-12(13)5-11;9-5-10-8-4-6-1-2-7(8)3-6/h11-17H,1,3-9H2,2H3;6-8H,1-5H2/t11?,12?,13?,14-,15+,16-,17-;/m1./s1. The minimum Gasteiger partial charge on any atom is -0.454 e. The van der Waals surface area contributed by atoms with Crippen molar-refractivity contribution in [2.45, 2.75) is 94.9 Å². The summed E-state index contributed by atoms with van der Waals surface area (Å²) in [6, 6.07) is 0.383. The number of rotatable bonds is 8. The van der Waals surface area contributed by atoms with E-state index < -0.39 is 5.97 Å². The van der Waals surface area contributed by atoms with E-state index in [9.17, 15) is 4.79 Å². The minimum absolute atomic E-state index is 0.165. The zero-order valence-electron chi connectivity index (χ0n) is 20.2. The molecule has 7 nitrogen and oxygen atoms in total. The molecule has 2 heterocycles. The number of hydrogen-bond acceptors (Lipinski definition) is 7. The van der Waals surface area contributed by atoms with Gasteiger partial charge in [-0.1, -0.05) is 18.2 Å². The average molecular weight is 499 g/mol. The molecule has 0 N–H and O–H groups in total. The van der Waals surface area contributed by atoms with Crippen molar-refractivity contribution in [1.82, 2.24) is 0 Å². The van der Waals surface area contributed by atoms with Crippen LogP contribution < -0.4 is 0 Å². The van der Waals surface area contributed by atoms with Crippen molar-refractivity contribution in [3.05, 3.63) is 12.2 Å². The Morgan fingerprint density at radius 2 is 1.38 bits per heavy atom. The highest BCUT2D eigenvalue weighted by molar-refractivity contribution is 6.17. The summed E-state index contributed by atoms with van der Waals surface area (Å²) in [5.74, 6) is 3.00. The van der Waals surface area contributed by atoms with E-state index in [0.29, 0.717) is 37.1 Å². The van der Waals surface area contributed by atoms with Gasteiger partial charge in [-0.15, -0.1) is 0 Å². The summed E-state index contributed by atoms with van der Waals surface area (Å²) in [5.41, 5.74) is 0.378. The van der Waals surface area contributed by atoms with Crippen LogP contribution in [0.5, 0.6) is 0 Å². The van der Waals surface area contributed by atoms with Crippen molar-refractivity contribution >= 4 is 17.6 Å². The molecular weight excluding hydrogens is 460 g/mol. The molecule has 6 rings (SSSR count). The second-order valence-corrected chi connectivity index (χ2v) is 11.2. The molecule has 192 valence electrons. The first-order chi connectivity index (χ1) is 16.5. The van der Waals surface area contributed by atoms with Gasteiger partial charge in [0.05, 0.1) is 25.4 Å². The summed E-state index contributed by atoms with van der Waals surface area (Å²) >= 11 is 5.50. The lowest BCUT2D eigenvalue weighted by Gasteiger charge is -2.23. The molecule has 34 heavy (non-hydrogen) atoms. The zero-order valence-corrected chi connectivity index (χ0v) is 21.0. The van der Waals surface area contributed by atoms with Gasteiger partial charge in [0.15, 0.2) is 6.10 Å². The molecule has 0 spiro atoms. The van der Waals surface area contributed by atoms with E-state index >= 15 is 0 Å². The summed E-state index contributed by atoms with van der Waals surface area (Å²) in [5, 5.41) is 0. The van der Waals surface area contributed by atoms with Gasteiger partial charge in [0.1, 0.15) is 31.2 Å². The Morgan fingerprint density at radius 1 is 0.824 bits per heavy atom. The number of halogens is 1. The molecule has 10 atom stereocenters. The van der Waals surface area contributed by atoms with Gasteiger partial charge in [-0.3, -0.25) is 0 Å². The molecular formula is C26H39ClO7. The third-order valence-electron chi connectivity index (χ3n) is 8.76. The maximum absolute atomic E-state index is 11.7. The van der Waals surface area contributed by atoms with E-state index in [1.54, 1.807) is 6.92 Å².